The highest BCUT2D eigenvalue weighted by Gasteiger charge is 2.29. The zero-order valence-electron chi connectivity index (χ0n) is 18.3. The molecule has 0 spiro atoms. The van der Waals surface area contributed by atoms with Crippen LogP contribution in [-0.4, -0.2) is 35.9 Å². The van der Waals surface area contributed by atoms with Gasteiger partial charge in [-0.25, -0.2) is 0 Å². The predicted molar refractivity (Wildman–Crippen MR) is 126 cm³/mol. The third-order valence-corrected chi connectivity index (χ3v) is 8.52. The number of rotatable bonds is 7. The third kappa shape index (κ3) is 5.47. The van der Waals surface area contributed by atoms with Crippen LogP contribution in [0.1, 0.15) is 40.9 Å². The van der Waals surface area contributed by atoms with Crippen molar-refractivity contribution in [2.75, 3.05) is 24.3 Å². The molecule has 0 fully saturated rings. The van der Waals surface area contributed by atoms with Gasteiger partial charge in [-0.15, -0.1) is 11.8 Å². The van der Waals surface area contributed by atoms with Crippen molar-refractivity contribution < 1.29 is 23.2 Å². The molecule has 1 amide bonds. The minimum atomic E-state index is -3.36. The summed E-state index contributed by atoms with van der Waals surface area (Å²) >= 11 is 1.36. The molecule has 6 nitrogen and oxygen atoms in total. The van der Waals surface area contributed by atoms with Crippen molar-refractivity contribution in [3.8, 4) is 0 Å². The molecule has 166 valence electrons. The van der Waals surface area contributed by atoms with E-state index >= 15 is 0 Å². The number of ketones is 1. The van der Waals surface area contributed by atoms with Gasteiger partial charge in [0.1, 0.15) is 0 Å². The summed E-state index contributed by atoms with van der Waals surface area (Å²) in [7, 11) is -3.36. The van der Waals surface area contributed by atoms with Crippen LogP contribution in [-0.2, 0) is 24.8 Å². The van der Waals surface area contributed by atoms with Gasteiger partial charge in [0, 0.05) is 11.3 Å². The minimum Gasteiger partial charge on any atom is -0.325 e. The van der Waals surface area contributed by atoms with Crippen molar-refractivity contribution in [3.05, 3.63) is 58.7 Å². The van der Waals surface area contributed by atoms with Gasteiger partial charge in [0.15, 0.2) is 5.78 Å². The van der Waals surface area contributed by atoms with E-state index in [1.54, 1.807) is 38.1 Å². The highest BCUT2D eigenvalue weighted by molar-refractivity contribution is 8.01. The number of thioether (sulfide) groups is 1. The molecule has 1 atom stereocenters. The number of hydrogen-bond acceptors (Lipinski definition) is 6. The summed E-state index contributed by atoms with van der Waals surface area (Å²) in [6.07, 6.45) is 0.501. The molecule has 3 rings (SSSR count). The average molecular weight is 462 g/mol. The molecule has 2 aromatic rings. The lowest BCUT2D eigenvalue weighted by atomic mass is 9.94. The number of carbonyl (C=O) groups excluding carboxylic acids is 2. The van der Waals surface area contributed by atoms with Gasteiger partial charge < -0.3 is 14.4 Å². The lowest BCUT2D eigenvalue weighted by Gasteiger charge is -2.18. The van der Waals surface area contributed by atoms with Crippen LogP contribution < -0.4 is 10.6 Å². The molecule has 31 heavy (non-hydrogen) atoms. The lowest BCUT2D eigenvalue weighted by molar-refractivity contribution is -0.115. The highest BCUT2D eigenvalue weighted by Crippen LogP contribution is 2.46. The molecule has 0 bridgehead atoms. The molecule has 1 aliphatic rings. The molecule has 1 N–H and O–H groups in total. The quantitative estimate of drug-likeness (QED) is 0.604. The number of carbonyl (C=O) groups is 2. The number of anilines is 1. The Hall–Kier alpha value is -1.92. The first-order valence-corrected chi connectivity index (χ1v) is 12.9. The topological polar surface area (TPSA) is 81.7 Å². The van der Waals surface area contributed by atoms with Crippen molar-refractivity contribution >= 4 is 42.0 Å². The smallest absolute Gasteiger partial charge is 0.325 e. The van der Waals surface area contributed by atoms with E-state index in [0.29, 0.717) is 17.4 Å². The molecule has 0 saturated heterocycles. The van der Waals surface area contributed by atoms with Gasteiger partial charge in [-0.2, -0.15) is 0 Å². The van der Waals surface area contributed by atoms with Gasteiger partial charge in [0.25, 0.3) is 0 Å². The molecule has 1 aliphatic heterocycles. The Bertz CT molecular complexity index is 1010. The maximum atomic E-state index is 12.9. The second kappa shape index (κ2) is 10.1. The summed E-state index contributed by atoms with van der Waals surface area (Å²) in [5.41, 5.74) is 4.42. The van der Waals surface area contributed by atoms with Gasteiger partial charge >= 0.3 is 7.60 Å². The van der Waals surface area contributed by atoms with Gasteiger partial charge in [0.05, 0.1) is 29.5 Å². The van der Waals surface area contributed by atoms with E-state index in [2.05, 4.69) is 5.32 Å². The second-order valence-corrected chi connectivity index (χ2v) is 10.6. The summed E-state index contributed by atoms with van der Waals surface area (Å²) in [5.74, 6) is 0.179. The fourth-order valence-electron chi connectivity index (χ4n) is 3.46. The van der Waals surface area contributed by atoms with Gasteiger partial charge in [-0.3, -0.25) is 14.2 Å². The Morgan fingerprint density at radius 1 is 1.10 bits per heavy atom. The number of Topliss-reactive ketones (excluding diaryl/α,β-unsaturated/α-hetero) is 1. The first-order valence-electron chi connectivity index (χ1n) is 10.3. The molecule has 2 aromatic carbocycles. The lowest BCUT2D eigenvalue weighted by Crippen LogP contribution is -2.27. The number of benzene rings is 2. The highest BCUT2D eigenvalue weighted by atomic mass is 32.2. The first kappa shape index (κ1) is 23.7. The van der Waals surface area contributed by atoms with Crippen LogP contribution in [0.4, 0.5) is 5.69 Å². The van der Waals surface area contributed by atoms with Crippen LogP contribution in [0.25, 0.3) is 0 Å². The largest absolute Gasteiger partial charge is 0.361 e. The number of amides is 1. The number of nitrogens with one attached hydrogen (secondary N) is 1. The summed E-state index contributed by atoms with van der Waals surface area (Å²) in [6, 6.07) is 10.6. The predicted octanol–water partition coefficient (Wildman–Crippen LogP) is 4.67. The number of fused-ring (bicyclic) bond motifs is 1. The van der Waals surface area contributed by atoms with Crippen LogP contribution in [0, 0.1) is 13.8 Å². The van der Waals surface area contributed by atoms with Crippen molar-refractivity contribution in [2.24, 2.45) is 0 Å². The molecular formula is C23H28NO5PS. The van der Waals surface area contributed by atoms with Crippen LogP contribution >= 0.6 is 19.4 Å². The molecule has 8 heteroatoms. The summed E-state index contributed by atoms with van der Waals surface area (Å²) in [5, 5.41) is 2.99. The standard InChI is InChI=1S/C23H28NO5PS/c1-5-28-30(27,29-6-2)19-9-7-18(8-10-19)24-23(26)22-13-17-11-15(3)16(4)12-20(17)21(25)14-31-22/h7-12,22H,5-6,13-14H2,1-4H3,(H,24,26)/t22-/m1/s1. The SMILES string of the molecule is CCOP(=O)(OCC)c1ccc(NC(=O)[C@H]2Cc3cc(C)c(C)cc3C(=O)CS2)cc1. The second-order valence-electron chi connectivity index (χ2n) is 7.39. The van der Waals surface area contributed by atoms with E-state index in [9.17, 15) is 14.2 Å². The van der Waals surface area contributed by atoms with Crippen LogP contribution in [0.3, 0.4) is 0 Å². The zero-order valence-corrected chi connectivity index (χ0v) is 20.0. The Labute approximate surface area is 187 Å². The van der Waals surface area contributed by atoms with E-state index in [1.165, 1.54) is 11.8 Å². The van der Waals surface area contributed by atoms with Crippen LogP contribution in [0.5, 0.6) is 0 Å². The Balaban J connectivity index is 1.74. The van der Waals surface area contributed by atoms with E-state index in [-0.39, 0.29) is 35.9 Å². The third-order valence-electron chi connectivity index (χ3n) is 5.18. The number of aryl methyl sites for hydroxylation is 2. The maximum Gasteiger partial charge on any atom is 0.361 e. The molecule has 0 unspecified atom stereocenters. The Kier molecular flexibility index (Phi) is 7.76. The van der Waals surface area contributed by atoms with Crippen LogP contribution in [0.15, 0.2) is 36.4 Å². The van der Waals surface area contributed by atoms with Gasteiger partial charge in [0.2, 0.25) is 5.91 Å². The molecule has 1 heterocycles. The molecule has 0 saturated carbocycles. The normalized spacial score (nSPS) is 16.5. The van der Waals surface area contributed by atoms with Crippen molar-refractivity contribution in [1.29, 1.82) is 0 Å². The molecular weight excluding hydrogens is 433 g/mol. The molecule has 0 radical (unpaired) electrons. The fraction of sp³-hybridized carbons (Fsp3) is 0.391. The maximum absolute atomic E-state index is 12.9. The monoisotopic (exact) mass is 461 g/mol. The summed E-state index contributed by atoms with van der Waals surface area (Å²) < 4.78 is 23.6. The van der Waals surface area contributed by atoms with Crippen molar-refractivity contribution in [3.63, 3.8) is 0 Å². The van der Waals surface area contributed by atoms with E-state index in [4.69, 9.17) is 9.05 Å². The number of hydrogen-bond donors (Lipinski definition) is 1. The summed E-state index contributed by atoms with van der Waals surface area (Å²) in [6.45, 7) is 8.07. The van der Waals surface area contributed by atoms with Gasteiger partial charge in [-0.1, -0.05) is 6.07 Å². The average Bonchev–Trinajstić information content (AvgIpc) is 2.88. The van der Waals surface area contributed by atoms with Crippen molar-refractivity contribution in [2.45, 2.75) is 39.4 Å². The van der Waals surface area contributed by atoms with E-state index < -0.39 is 7.60 Å². The zero-order chi connectivity index (χ0) is 22.6. The van der Waals surface area contributed by atoms with E-state index in [1.807, 2.05) is 26.0 Å². The van der Waals surface area contributed by atoms with Crippen LogP contribution in [0.2, 0.25) is 0 Å². The summed E-state index contributed by atoms with van der Waals surface area (Å²) in [4.78, 5) is 25.5. The fourth-order valence-corrected chi connectivity index (χ4v) is 6.04. The first-order chi connectivity index (χ1) is 14.8. The Morgan fingerprint density at radius 2 is 1.71 bits per heavy atom. The van der Waals surface area contributed by atoms with Gasteiger partial charge in [-0.05, 0) is 81.1 Å². The van der Waals surface area contributed by atoms with Crippen molar-refractivity contribution in [1.82, 2.24) is 0 Å². The van der Waals surface area contributed by atoms with E-state index in [0.717, 1.165) is 22.3 Å². The Morgan fingerprint density at radius 3 is 2.32 bits per heavy atom. The minimum absolute atomic E-state index is 0.0605. The molecule has 0 aromatic heterocycles. The molecule has 0 aliphatic carbocycles.